The first-order valence-corrected chi connectivity index (χ1v) is 7.65. The summed E-state index contributed by atoms with van der Waals surface area (Å²) >= 11 is 0. The molecule has 1 saturated carbocycles. The van der Waals surface area contributed by atoms with Gasteiger partial charge in [0.2, 0.25) is 0 Å². The first-order valence-electron chi connectivity index (χ1n) is 7.65. The molecule has 0 radical (unpaired) electrons. The van der Waals surface area contributed by atoms with Crippen molar-refractivity contribution in [3.05, 3.63) is 35.6 Å². The van der Waals surface area contributed by atoms with Crippen LogP contribution in [0.4, 0.5) is 9.18 Å². The van der Waals surface area contributed by atoms with E-state index in [0.29, 0.717) is 31.3 Å². The summed E-state index contributed by atoms with van der Waals surface area (Å²) in [7, 11) is 0. The van der Waals surface area contributed by atoms with Crippen LogP contribution in [0, 0.1) is 5.82 Å². The number of morpholine rings is 1. The molecule has 5 heteroatoms. The van der Waals surface area contributed by atoms with E-state index in [4.69, 9.17) is 4.74 Å². The van der Waals surface area contributed by atoms with E-state index in [1.807, 2.05) is 0 Å². The molecular formula is C16H21FN2O2. The van der Waals surface area contributed by atoms with Crippen LogP contribution < -0.4 is 5.32 Å². The molecule has 1 atom stereocenters. The Morgan fingerprint density at radius 2 is 2.05 bits per heavy atom. The zero-order valence-electron chi connectivity index (χ0n) is 12.1. The van der Waals surface area contributed by atoms with Gasteiger partial charge < -0.3 is 15.0 Å². The number of halogens is 1. The Labute approximate surface area is 124 Å². The zero-order valence-corrected chi connectivity index (χ0v) is 12.1. The van der Waals surface area contributed by atoms with Crippen molar-refractivity contribution in [1.82, 2.24) is 10.2 Å². The first-order chi connectivity index (χ1) is 10.2. The van der Waals surface area contributed by atoms with Crippen LogP contribution in [0.2, 0.25) is 0 Å². The van der Waals surface area contributed by atoms with E-state index in [1.54, 1.807) is 23.1 Å². The highest BCUT2D eigenvalue weighted by atomic mass is 19.1. The maximum atomic E-state index is 13.8. The summed E-state index contributed by atoms with van der Waals surface area (Å²) in [4.78, 5) is 14.0. The molecule has 4 nitrogen and oxygen atoms in total. The molecule has 3 rings (SSSR count). The lowest BCUT2D eigenvalue weighted by Gasteiger charge is -2.34. The molecule has 1 saturated heterocycles. The third-order valence-electron chi connectivity index (χ3n) is 4.29. The summed E-state index contributed by atoms with van der Waals surface area (Å²) in [6, 6.07) is 6.85. The summed E-state index contributed by atoms with van der Waals surface area (Å²) in [6.07, 6.45) is 4.12. The molecule has 21 heavy (non-hydrogen) atoms. The number of carbonyl (C=O) groups excluding carboxylic acids is 1. The van der Waals surface area contributed by atoms with Gasteiger partial charge in [-0.15, -0.1) is 0 Å². The average Bonchev–Trinajstić information content (AvgIpc) is 3.01. The van der Waals surface area contributed by atoms with E-state index in [-0.39, 0.29) is 18.0 Å². The van der Waals surface area contributed by atoms with E-state index in [0.717, 1.165) is 12.8 Å². The van der Waals surface area contributed by atoms with Crippen molar-refractivity contribution >= 4 is 6.03 Å². The topological polar surface area (TPSA) is 41.6 Å². The minimum atomic E-state index is -0.380. The third kappa shape index (κ3) is 3.35. The molecule has 1 aromatic rings. The molecule has 1 aromatic carbocycles. The number of carbonyl (C=O) groups is 1. The van der Waals surface area contributed by atoms with E-state index >= 15 is 0 Å². The average molecular weight is 292 g/mol. The van der Waals surface area contributed by atoms with Gasteiger partial charge in [-0.25, -0.2) is 9.18 Å². The van der Waals surface area contributed by atoms with Gasteiger partial charge in [0.25, 0.3) is 0 Å². The molecule has 1 N–H and O–H groups in total. The van der Waals surface area contributed by atoms with Crippen molar-refractivity contribution in [1.29, 1.82) is 0 Å². The van der Waals surface area contributed by atoms with Gasteiger partial charge in [-0.1, -0.05) is 31.0 Å². The number of nitrogens with one attached hydrogen (secondary N) is 1. The smallest absolute Gasteiger partial charge is 0.317 e. The Kier molecular flexibility index (Phi) is 4.39. The number of hydrogen-bond donors (Lipinski definition) is 1. The lowest BCUT2D eigenvalue weighted by atomic mass is 10.1. The highest BCUT2D eigenvalue weighted by Gasteiger charge is 2.28. The molecular weight excluding hydrogens is 271 g/mol. The number of benzene rings is 1. The van der Waals surface area contributed by atoms with Crippen molar-refractivity contribution in [2.75, 3.05) is 19.7 Å². The second kappa shape index (κ2) is 6.43. The minimum Gasteiger partial charge on any atom is -0.370 e. The van der Waals surface area contributed by atoms with Crippen molar-refractivity contribution in [3.8, 4) is 0 Å². The van der Waals surface area contributed by atoms with Crippen molar-refractivity contribution in [2.45, 2.75) is 37.8 Å². The van der Waals surface area contributed by atoms with Gasteiger partial charge in [0.15, 0.2) is 0 Å². The minimum absolute atomic E-state index is 0.0495. The third-order valence-corrected chi connectivity index (χ3v) is 4.29. The van der Waals surface area contributed by atoms with E-state index < -0.39 is 0 Å². The number of urea groups is 1. The Morgan fingerprint density at radius 1 is 1.29 bits per heavy atom. The van der Waals surface area contributed by atoms with Crippen LogP contribution in [-0.4, -0.2) is 36.7 Å². The predicted octanol–water partition coefficient (Wildman–Crippen LogP) is 2.85. The normalized spacial score (nSPS) is 23.3. The van der Waals surface area contributed by atoms with Gasteiger partial charge in [-0.05, 0) is 18.9 Å². The van der Waals surface area contributed by atoms with Crippen molar-refractivity contribution in [2.24, 2.45) is 0 Å². The molecule has 1 unspecified atom stereocenters. The second-order valence-corrected chi connectivity index (χ2v) is 5.76. The standard InChI is InChI=1S/C16H21FN2O2/c17-14-8-4-3-7-13(14)15-11-19(9-10-21-15)16(20)18-12-5-1-2-6-12/h3-4,7-8,12,15H,1-2,5-6,9-11H2,(H,18,20). The predicted molar refractivity (Wildman–Crippen MR) is 77.5 cm³/mol. The number of hydrogen-bond acceptors (Lipinski definition) is 2. The fourth-order valence-electron chi connectivity index (χ4n) is 3.09. The van der Waals surface area contributed by atoms with Crippen LogP contribution in [0.1, 0.15) is 37.4 Å². The zero-order chi connectivity index (χ0) is 14.7. The number of nitrogens with zero attached hydrogens (tertiary/aromatic N) is 1. The molecule has 2 amide bonds. The van der Waals surface area contributed by atoms with Crippen LogP contribution in [0.5, 0.6) is 0 Å². The fraction of sp³-hybridized carbons (Fsp3) is 0.562. The summed E-state index contributed by atoms with van der Waals surface area (Å²) in [5, 5.41) is 3.07. The highest BCUT2D eigenvalue weighted by molar-refractivity contribution is 5.74. The largest absolute Gasteiger partial charge is 0.370 e. The molecule has 114 valence electrons. The van der Waals surface area contributed by atoms with E-state index in [2.05, 4.69) is 5.32 Å². The van der Waals surface area contributed by atoms with E-state index in [9.17, 15) is 9.18 Å². The Balaban J connectivity index is 1.62. The molecule has 0 bridgehead atoms. The lowest BCUT2D eigenvalue weighted by Crippen LogP contribution is -2.49. The summed E-state index contributed by atoms with van der Waals surface area (Å²) in [6.45, 7) is 1.40. The highest BCUT2D eigenvalue weighted by Crippen LogP contribution is 2.25. The van der Waals surface area contributed by atoms with Gasteiger partial charge in [0.1, 0.15) is 11.9 Å². The van der Waals surface area contributed by atoms with Crippen LogP contribution in [0.3, 0.4) is 0 Å². The quantitative estimate of drug-likeness (QED) is 0.910. The van der Waals surface area contributed by atoms with Crippen molar-refractivity contribution < 1.29 is 13.9 Å². The molecule has 1 aliphatic heterocycles. The van der Waals surface area contributed by atoms with Gasteiger partial charge in [0, 0.05) is 18.2 Å². The molecule has 1 aliphatic carbocycles. The molecule has 2 aliphatic rings. The fourth-order valence-corrected chi connectivity index (χ4v) is 3.09. The number of rotatable bonds is 2. The monoisotopic (exact) mass is 292 g/mol. The second-order valence-electron chi connectivity index (χ2n) is 5.76. The van der Waals surface area contributed by atoms with Crippen LogP contribution >= 0.6 is 0 Å². The Bertz CT molecular complexity index is 503. The summed E-state index contributed by atoms with van der Waals surface area (Å²) < 4.78 is 19.5. The Morgan fingerprint density at radius 3 is 2.81 bits per heavy atom. The summed E-state index contributed by atoms with van der Waals surface area (Å²) in [5.74, 6) is -0.277. The SMILES string of the molecule is O=C(NC1CCCC1)N1CCOC(c2ccccc2F)C1. The van der Waals surface area contributed by atoms with Gasteiger partial charge in [-0.3, -0.25) is 0 Å². The maximum Gasteiger partial charge on any atom is 0.317 e. The number of amides is 2. The maximum absolute atomic E-state index is 13.8. The number of ether oxygens (including phenoxy) is 1. The first kappa shape index (κ1) is 14.3. The van der Waals surface area contributed by atoms with Crippen molar-refractivity contribution in [3.63, 3.8) is 0 Å². The van der Waals surface area contributed by atoms with Crippen LogP contribution in [-0.2, 0) is 4.74 Å². The Hall–Kier alpha value is -1.62. The summed E-state index contributed by atoms with van der Waals surface area (Å²) in [5.41, 5.74) is 0.524. The van der Waals surface area contributed by atoms with E-state index in [1.165, 1.54) is 18.9 Å². The van der Waals surface area contributed by atoms with Crippen LogP contribution in [0.25, 0.3) is 0 Å². The molecule has 2 fully saturated rings. The molecule has 0 spiro atoms. The molecule has 1 heterocycles. The van der Waals surface area contributed by atoms with Gasteiger partial charge in [-0.2, -0.15) is 0 Å². The molecule has 0 aromatic heterocycles. The lowest BCUT2D eigenvalue weighted by molar-refractivity contribution is -0.0174. The van der Waals surface area contributed by atoms with Gasteiger partial charge >= 0.3 is 6.03 Å². The van der Waals surface area contributed by atoms with Gasteiger partial charge in [0.05, 0.1) is 13.2 Å². The van der Waals surface area contributed by atoms with Crippen LogP contribution in [0.15, 0.2) is 24.3 Å².